The van der Waals surface area contributed by atoms with Gasteiger partial charge in [-0.15, -0.1) is 11.3 Å². The Morgan fingerprint density at radius 3 is 2.75 bits per heavy atom. The number of hydrogen-bond donors (Lipinski definition) is 2. The second-order valence-corrected chi connectivity index (χ2v) is 6.67. The first-order chi connectivity index (χ1) is 13.8. The van der Waals surface area contributed by atoms with Crippen molar-refractivity contribution in [2.24, 2.45) is 0 Å². The highest BCUT2D eigenvalue weighted by Gasteiger charge is 2.11. The van der Waals surface area contributed by atoms with Crippen LogP contribution in [0.4, 0.5) is 10.9 Å². The van der Waals surface area contributed by atoms with Crippen LogP contribution < -0.4 is 10.6 Å². The summed E-state index contributed by atoms with van der Waals surface area (Å²) in [7, 11) is 0. The number of anilines is 2. The first kappa shape index (κ1) is 17.8. The van der Waals surface area contributed by atoms with Gasteiger partial charge in [0, 0.05) is 17.1 Å². The molecule has 3 aromatic heterocycles. The number of nitrogens with zero attached hydrogens (tertiary/aromatic N) is 4. The van der Waals surface area contributed by atoms with E-state index in [0.717, 1.165) is 5.56 Å². The van der Waals surface area contributed by atoms with Gasteiger partial charge in [0.25, 0.3) is 0 Å². The molecule has 0 saturated heterocycles. The molecule has 0 spiro atoms. The molecule has 0 aliphatic rings. The van der Waals surface area contributed by atoms with Crippen LogP contribution in [-0.4, -0.2) is 26.0 Å². The number of pyridine rings is 1. The van der Waals surface area contributed by atoms with Gasteiger partial charge in [0.15, 0.2) is 5.13 Å². The van der Waals surface area contributed by atoms with Gasteiger partial charge in [-0.05, 0) is 12.1 Å². The molecule has 0 bridgehead atoms. The van der Waals surface area contributed by atoms with Crippen LogP contribution in [0, 0.1) is 0 Å². The normalized spacial score (nSPS) is 10.6. The molecule has 28 heavy (non-hydrogen) atoms. The summed E-state index contributed by atoms with van der Waals surface area (Å²) in [5, 5.41) is 12.3. The van der Waals surface area contributed by atoms with E-state index in [-0.39, 0.29) is 18.9 Å². The van der Waals surface area contributed by atoms with Crippen molar-refractivity contribution in [1.82, 2.24) is 25.4 Å². The molecule has 4 aromatic rings. The maximum Gasteiger partial charge on any atom is 0.246 e. The van der Waals surface area contributed by atoms with Gasteiger partial charge < -0.3 is 15.2 Å². The summed E-state index contributed by atoms with van der Waals surface area (Å²) in [6.07, 6.45) is 1.87. The molecule has 0 aliphatic heterocycles. The number of rotatable bonds is 7. The van der Waals surface area contributed by atoms with Gasteiger partial charge >= 0.3 is 0 Å². The van der Waals surface area contributed by atoms with Crippen molar-refractivity contribution < 1.29 is 9.32 Å². The number of carbonyl (C=O) groups excluding carboxylic acids is 1. The fourth-order valence-electron chi connectivity index (χ4n) is 2.42. The minimum Gasteiger partial charge on any atom is -0.347 e. The predicted octanol–water partition coefficient (Wildman–Crippen LogP) is 3.19. The number of aromatic nitrogens is 4. The third-order valence-electron chi connectivity index (χ3n) is 3.73. The lowest BCUT2D eigenvalue weighted by molar-refractivity contribution is -0.120. The van der Waals surface area contributed by atoms with Gasteiger partial charge in [0.05, 0.1) is 18.7 Å². The number of hydrogen-bond acceptors (Lipinski definition) is 8. The number of benzene rings is 1. The molecular weight excluding hydrogens is 376 g/mol. The minimum absolute atomic E-state index is 0.167. The quantitative estimate of drug-likeness (QED) is 0.497. The van der Waals surface area contributed by atoms with Gasteiger partial charge in [-0.2, -0.15) is 4.98 Å². The van der Waals surface area contributed by atoms with E-state index in [1.54, 1.807) is 6.20 Å². The Kier molecular flexibility index (Phi) is 5.34. The minimum atomic E-state index is -0.172. The molecule has 8 nitrogen and oxygen atoms in total. The summed E-state index contributed by atoms with van der Waals surface area (Å²) < 4.78 is 5.18. The predicted molar refractivity (Wildman–Crippen MR) is 105 cm³/mol. The van der Waals surface area contributed by atoms with E-state index >= 15 is 0 Å². The van der Waals surface area contributed by atoms with E-state index in [2.05, 4.69) is 30.7 Å². The van der Waals surface area contributed by atoms with Crippen molar-refractivity contribution in [1.29, 1.82) is 0 Å². The maximum absolute atomic E-state index is 12.2. The SMILES string of the molecule is O=C(Cc1csc(Nc2ccccn2)n1)NCc1nc(-c2ccccc2)no1. The van der Waals surface area contributed by atoms with Crippen LogP contribution in [0.25, 0.3) is 11.4 Å². The lowest BCUT2D eigenvalue weighted by atomic mass is 10.2. The van der Waals surface area contributed by atoms with Gasteiger partial charge in [-0.3, -0.25) is 4.79 Å². The average molecular weight is 392 g/mol. The largest absolute Gasteiger partial charge is 0.347 e. The van der Waals surface area contributed by atoms with Gasteiger partial charge in [0.1, 0.15) is 5.82 Å². The van der Waals surface area contributed by atoms with E-state index in [1.165, 1.54) is 11.3 Å². The molecule has 1 amide bonds. The number of thiazole rings is 1. The van der Waals surface area contributed by atoms with Gasteiger partial charge in [-0.25, -0.2) is 9.97 Å². The highest BCUT2D eigenvalue weighted by molar-refractivity contribution is 7.13. The van der Waals surface area contributed by atoms with E-state index < -0.39 is 0 Å². The van der Waals surface area contributed by atoms with E-state index in [1.807, 2.05) is 53.9 Å². The Labute approximate surface area is 164 Å². The summed E-state index contributed by atoms with van der Waals surface area (Å²) in [5.41, 5.74) is 1.54. The molecular formula is C19H16N6O2S. The van der Waals surface area contributed by atoms with Crippen molar-refractivity contribution in [2.45, 2.75) is 13.0 Å². The zero-order valence-corrected chi connectivity index (χ0v) is 15.5. The second-order valence-electron chi connectivity index (χ2n) is 5.82. The van der Waals surface area contributed by atoms with Crippen molar-refractivity contribution in [2.75, 3.05) is 5.32 Å². The summed E-state index contributed by atoms with van der Waals surface area (Å²) >= 11 is 1.42. The number of amides is 1. The Hall–Kier alpha value is -3.59. The third-order valence-corrected chi connectivity index (χ3v) is 4.54. The molecule has 0 unspecified atom stereocenters. The zero-order valence-electron chi connectivity index (χ0n) is 14.7. The average Bonchev–Trinajstić information content (AvgIpc) is 3.38. The number of nitrogens with one attached hydrogen (secondary N) is 2. The van der Waals surface area contributed by atoms with Crippen molar-refractivity contribution in [3.05, 3.63) is 71.7 Å². The molecule has 0 fully saturated rings. The number of carbonyl (C=O) groups is 1. The zero-order chi connectivity index (χ0) is 19.2. The maximum atomic E-state index is 12.2. The Balaban J connectivity index is 1.29. The fourth-order valence-corrected chi connectivity index (χ4v) is 3.14. The van der Waals surface area contributed by atoms with Crippen LogP contribution in [0.2, 0.25) is 0 Å². The summed E-state index contributed by atoms with van der Waals surface area (Å²) in [5.74, 6) is 1.38. The highest BCUT2D eigenvalue weighted by atomic mass is 32.1. The molecule has 1 aromatic carbocycles. The molecule has 0 aliphatic carbocycles. The monoisotopic (exact) mass is 392 g/mol. The molecule has 9 heteroatoms. The van der Waals surface area contributed by atoms with Crippen molar-refractivity contribution in [3.63, 3.8) is 0 Å². The van der Waals surface area contributed by atoms with Crippen molar-refractivity contribution >= 4 is 28.2 Å². The second kappa shape index (κ2) is 8.40. The Morgan fingerprint density at radius 2 is 1.93 bits per heavy atom. The molecule has 0 radical (unpaired) electrons. The van der Waals surface area contributed by atoms with Crippen LogP contribution in [-0.2, 0) is 17.8 Å². The van der Waals surface area contributed by atoms with Crippen LogP contribution in [0.15, 0.2) is 64.6 Å². The summed E-state index contributed by atoms with van der Waals surface area (Å²) in [4.78, 5) is 25.0. The summed E-state index contributed by atoms with van der Waals surface area (Å²) in [6.45, 7) is 0.168. The molecule has 4 rings (SSSR count). The molecule has 0 saturated carbocycles. The van der Waals surface area contributed by atoms with E-state index in [4.69, 9.17) is 4.52 Å². The van der Waals surface area contributed by atoms with E-state index in [0.29, 0.717) is 28.4 Å². The van der Waals surface area contributed by atoms with E-state index in [9.17, 15) is 4.79 Å². The van der Waals surface area contributed by atoms with Crippen LogP contribution in [0.3, 0.4) is 0 Å². The Morgan fingerprint density at radius 1 is 1.07 bits per heavy atom. The third kappa shape index (κ3) is 4.57. The van der Waals surface area contributed by atoms with Gasteiger partial charge in [-0.1, -0.05) is 41.6 Å². The summed E-state index contributed by atoms with van der Waals surface area (Å²) in [6, 6.07) is 15.1. The van der Waals surface area contributed by atoms with Crippen LogP contribution >= 0.6 is 11.3 Å². The lowest BCUT2D eigenvalue weighted by Gasteiger charge is -2.01. The molecule has 3 heterocycles. The van der Waals surface area contributed by atoms with Crippen LogP contribution in [0.5, 0.6) is 0 Å². The lowest BCUT2D eigenvalue weighted by Crippen LogP contribution is -2.24. The molecule has 0 atom stereocenters. The highest BCUT2D eigenvalue weighted by Crippen LogP contribution is 2.19. The molecule has 2 N–H and O–H groups in total. The first-order valence-corrected chi connectivity index (χ1v) is 9.41. The van der Waals surface area contributed by atoms with Gasteiger partial charge in [0.2, 0.25) is 17.6 Å². The topological polar surface area (TPSA) is 106 Å². The molecule has 140 valence electrons. The Bertz CT molecular complexity index is 1050. The fraction of sp³-hybridized carbons (Fsp3) is 0.105. The smallest absolute Gasteiger partial charge is 0.246 e. The first-order valence-electron chi connectivity index (χ1n) is 8.53. The van der Waals surface area contributed by atoms with Crippen LogP contribution in [0.1, 0.15) is 11.6 Å². The van der Waals surface area contributed by atoms with Crippen molar-refractivity contribution in [3.8, 4) is 11.4 Å². The standard InChI is InChI=1S/C19H16N6O2S/c26-16(10-14-12-28-19(22-14)23-15-8-4-5-9-20-15)21-11-17-24-18(25-27-17)13-6-2-1-3-7-13/h1-9,12H,10-11H2,(H,21,26)(H,20,22,23).